The first-order valence-corrected chi connectivity index (χ1v) is 7.10. The average molecular weight is 287 g/mol. The largest absolute Gasteiger partial charge is 0.268 e. The molecule has 0 bridgehead atoms. The molecule has 0 saturated heterocycles. The number of para-hydroxylation sites is 1. The lowest BCUT2D eigenvalue weighted by molar-refractivity contribution is 0.633. The quantitative estimate of drug-likeness (QED) is 0.537. The highest BCUT2D eigenvalue weighted by Gasteiger charge is 2.14. The van der Waals surface area contributed by atoms with Gasteiger partial charge in [0.25, 0.3) is 5.56 Å². The standard InChI is InChI=1S/C14H10FN3OS/c1-20-14-17-12-10(5-2-6-11(12)15)13(19)18(14)9-4-3-7-16-8-9/h2-8H,1H3. The maximum absolute atomic E-state index is 13.8. The average Bonchev–Trinajstić information content (AvgIpc) is 2.49. The highest BCUT2D eigenvalue weighted by Crippen LogP contribution is 2.20. The third kappa shape index (κ3) is 1.98. The zero-order chi connectivity index (χ0) is 14.1. The molecular weight excluding hydrogens is 277 g/mol. The van der Waals surface area contributed by atoms with Crippen LogP contribution in [0.25, 0.3) is 16.6 Å². The molecule has 3 rings (SSSR count). The van der Waals surface area contributed by atoms with Crippen LogP contribution >= 0.6 is 11.8 Å². The summed E-state index contributed by atoms with van der Waals surface area (Å²) in [6, 6.07) is 7.88. The first-order valence-electron chi connectivity index (χ1n) is 5.88. The number of nitrogens with zero attached hydrogens (tertiary/aromatic N) is 3. The number of halogens is 1. The minimum absolute atomic E-state index is 0.0991. The fraction of sp³-hybridized carbons (Fsp3) is 0.0714. The third-order valence-electron chi connectivity index (χ3n) is 2.91. The predicted octanol–water partition coefficient (Wildman–Crippen LogP) is 2.64. The van der Waals surface area contributed by atoms with Crippen molar-refractivity contribution in [1.82, 2.24) is 14.5 Å². The van der Waals surface area contributed by atoms with E-state index in [0.717, 1.165) is 0 Å². The molecule has 0 atom stereocenters. The van der Waals surface area contributed by atoms with Crippen LogP contribution in [-0.2, 0) is 0 Å². The molecule has 4 nitrogen and oxygen atoms in total. The number of pyridine rings is 1. The first kappa shape index (κ1) is 12.8. The number of hydrogen-bond donors (Lipinski definition) is 0. The van der Waals surface area contributed by atoms with Crippen molar-refractivity contribution in [2.24, 2.45) is 0 Å². The van der Waals surface area contributed by atoms with Gasteiger partial charge >= 0.3 is 0 Å². The molecule has 0 aliphatic carbocycles. The van der Waals surface area contributed by atoms with E-state index >= 15 is 0 Å². The van der Waals surface area contributed by atoms with Crippen molar-refractivity contribution in [3.63, 3.8) is 0 Å². The van der Waals surface area contributed by atoms with Crippen molar-refractivity contribution in [1.29, 1.82) is 0 Å². The molecule has 0 unspecified atom stereocenters. The first-order chi connectivity index (χ1) is 9.72. The second kappa shape index (κ2) is 5.05. The number of fused-ring (bicyclic) bond motifs is 1. The van der Waals surface area contributed by atoms with Crippen LogP contribution in [0.4, 0.5) is 4.39 Å². The summed E-state index contributed by atoms with van der Waals surface area (Å²) in [5, 5.41) is 0.687. The molecule has 0 aliphatic rings. The van der Waals surface area contributed by atoms with E-state index in [2.05, 4.69) is 9.97 Å². The summed E-state index contributed by atoms with van der Waals surface area (Å²) in [6.07, 6.45) is 5.00. The summed E-state index contributed by atoms with van der Waals surface area (Å²) < 4.78 is 15.2. The van der Waals surface area contributed by atoms with Gasteiger partial charge in [0, 0.05) is 6.20 Å². The molecule has 0 amide bonds. The summed E-state index contributed by atoms with van der Waals surface area (Å²) in [5.41, 5.74) is 0.411. The fourth-order valence-electron chi connectivity index (χ4n) is 2.01. The molecular formula is C14H10FN3OS. The van der Waals surface area contributed by atoms with Gasteiger partial charge in [-0.15, -0.1) is 0 Å². The van der Waals surface area contributed by atoms with Crippen molar-refractivity contribution >= 4 is 22.7 Å². The van der Waals surface area contributed by atoms with E-state index in [1.54, 1.807) is 36.8 Å². The Kier molecular flexibility index (Phi) is 3.23. The van der Waals surface area contributed by atoms with E-state index in [9.17, 15) is 9.18 Å². The van der Waals surface area contributed by atoms with Crippen LogP contribution in [0, 0.1) is 5.82 Å². The highest BCUT2D eigenvalue weighted by molar-refractivity contribution is 7.98. The second-order valence-corrected chi connectivity index (χ2v) is 4.86. The Bertz CT molecular complexity index is 833. The molecule has 0 radical (unpaired) electrons. The van der Waals surface area contributed by atoms with E-state index in [4.69, 9.17) is 0 Å². The lowest BCUT2D eigenvalue weighted by Crippen LogP contribution is -2.22. The SMILES string of the molecule is CSc1nc2c(F)cccc2c(=O)n1-c1cccnc1. The Hall–Kier alpha value is -2.21. The monoisotopic (exact) mass is 287 g/mol. The van der Waals surface area contributed by atoms with Gasteiger partial charge in [0.15, 0.2) is 5.16 Å². The minimum Gasteiger partial charge on any atom is -0.268 e. The van der Waals surface area contributed by atoms with Gasteiger partial charge < -0.3 is 0 Å². The molecule has 3 aromatic rings. The summed E-state index contributed by atoms with van der Waals surface area (Å²) in [4.78, 5) is 20.8. The molecule has 1 aromatic carbocycles. The summed E-state index contributed by atoms with van der Waals surface area (Å²) in [6.45, 7) is 0. The van der Waals surface area contributed by atoms with Gasteiger partial charge in [-0.3, -0.25) is 14.3 Å². The van der Waals surface area contributed by atoms with Crippen LogP contribution in [0.5, 0.6) is 0 Å². The molecule has 0 N–H and O–H groups in total. The Labute approximate surface area is 118 Å². The van der Waals surface area contributed by atoms with Gasteiger partial charge in [0.05, 0.1) is 17.3 Å². The molecule has 6 heteroatoms. The van der Waals surface area contributed by atoms with E-state index in [-0.39, 0.29) is 16.5 Å². The Morgan fingerprint density at radius 2 is 2.10 bits per heavy atom. The normalized spacial score (nSPS) is 10.9. The molecule has 0 saturated carbocycles. The molecule has 20 heavy (non-hydrogen) atoms. The highest BCUT2D eigenvalue weighted by atomic mass is 32.2. The molecule has 2 heterocycles. The van der Waals surface area contributed by atoms with E-state index in [1.807, 2.05) is 0 Å². The van der Waals surface area contributed by atoms with Gasteiger partial charge in [-0.1, -0.05) is 17.8 Å². The molecule has 0 aliphatic heterocycles. The Morgan fingerprint density at radius 1 is 1.25 bits per heavy atom. The summed E-state index contributed by atoms with van der Waals surface area (Å²) in [5.74, 6) is -0.492. The zero-order valence-electron chi connectivity index (χ0n) is 10.6. The number of aromatic nitrogens is 3. The van der Waals surface area contributed by atoms with Gasteiger partial charge in [-0.05, 0) is 30.5 Å². The van der Waals surface area contributed by atoms with Gasteiger partial charge in [0.1, 0.15) is 11.3 Å². The van der Waals surface area contributed by atoms with E-state index in [1.165, 1.54) is 28.5 Å². The van der Waals surface area contributed by atoms with Crippen molar-refractivity contribution in [3.8, 4) is 5.69 Å². The molecule has 100 valence electrons. The smallest absolute Gasteiger partial charge is 0.266 e. The van der Waals surface area contributed by atoms with Crippen LogP contribution in [0.1, 0.15) is 0 Å². The molecule has 0 fully saturated rings. The fourth-order valence-corrected chi connectivity index (χ4v) is 2.56. The number of rotatable bonds is 2. The van der Waals surface area contributed by atoms with E-state index < -0.39 is 5.82 Å². The number of thioether (sulfide) groups is 1. The van der Waals surface area contributed by atoms with Crippen LogP contribution < -0.4 is 5.56 Å². The Morgan fingerprint density at radius 3 is 2.80 bits per heavy atom. The lowest BCUT2D eigenvalue weighted by atomic mass is 10.2. The van der Waals surface area contributed by atoms with Gasteiger partial charge in [-0.2, -0.15) is 0 Å². The van der Waals surface area contributed by atoms with Crippen LogP contribution in [0.2, 0.25) is 0 Å². The second-order valence-electron chi connectivity index (χ2n) is 4.09. The zero-order valence-corrected chi connectivity index (χ0v) is 11.4. The third-order valence-corrected chi connectivity index (χ3v) is 3.54. The number of hydrogen-bond acceptors (Lipinski definition) is 4. The summed E-state index contributed by atoms with van der Waals surface area (Å²) >= 11 is 1.29. The molecule has 0 spiro atoms. The maximum Gasteiger partial charge on any atom is 0.266 e. The van der Waals surface area contributed by atoms with Crippen molar-refractivity contribution < 1.29 is 4.39 Å². The predicted molar refractivity (Wildman–Crippen MR) is 76.9 cm³/mol. The van der Waals surface area contributed by atoms with Crippen LogP contribution in [0.15, 0.2) is 52.7 Å². The van der Waals surface area contributed by atoms with Crippen molar-refractivity contribution in [3.05, 3.63) is 58.9 Å². The van der Waals surface area contributed by atoms with Gasteiger partial charge in [-0.25, -0.2) is 9.37 Å². The topological polar surface area (TPSA) is 47.8 Å². The lowest BCUT2D eigenvalue weighted by Gasteiger charge is -2.11. The number of benzene rings is 1. The maximum atomic E-state index is 13.8. The van der Waals surface area contributed by atoms with Gasteiger partial charge in [0.2, 0.25) is 0 Å². The minimum atomic E-state index is -0.492. The van der Waals surface area contributed by atoms with Crippen LogP contribution in [0.3, 0.4) is 0 Å². The summed E-state index contributed by atoms with van der Waals surface area (Å²) in [7, 11) is 0. The van der Waals surface area contributed by atoms with Crippen molar-refractivity contribution in [2.45, 2.75) is 5.16 Å². The molecule has 2 aromatic heterocycles. The van der Waals surface area contributed by atoms with Crippen LogP contribution in [-0.4, -0.2) is 20.8 Å². The van der Waals surface area contributed by atoms with E-state index in [0.29, 0.717) is 10.8 Å². The van der Waals surface area contributed by atoms with Crippen molar-refractivity contribution in [2.75, 3.05) is 6.26 Å². The Balaban J connectivity index is 2.44.